The molecular formula is C45H60N4O10. The standard InChI is InChI=1S/C45H60N4O10/c1-11-28(4)39(59-43(55)36(47(5)6)24-30-14-22-34(57-9)23-15-30)40(52)46-38(27(2)3)41(53)49(8)45(26-35(45)31-16-20-33(51)21-17-31)44(56)48(7)37(42(54)58-10)25-29-12-18-32(50)19-13-29/h12-23,27-28,35-39,50-51H,11,24-26H2,1-10H3,(H,46,52)/t28?,35?,36-,37+,38-,39-,45?/m1/s1. The lowest BCUT2D eigenvalue weighted by atomic mass is 9.96. The Morgan fingerprint density at radius 1 is 0.780 bits per heavy atom. The van der Waals surface area contributed by atoms with Crippen LogP contribution in [-0.4, -0.2) is 127 Å². The number of methoxy groups -OCH3 is 2. The van der Waals surface area contributed by atoms with Crippen LogP contribution in [0.15, 0.2) is 72.8 Å². The maximum absolute atomic E-state index is 14.9. The zero-order chi connectivity index (χ0) is 43.8. The number of nitrogens with one attached hydrogen (secondary N) is 1. The molecule has 7 atom stereocenters. The van der Waals surface area contributed by atoms with Gasteiger partial charge in [-0.2, -0.15) is 0 Å². The van der Waals surface area contributed by atoms with E-state index in [4.69, 9.17) is 14.2 Å². The molecule has 0 heterocycles. The summed E-state index contributed by atoms with van der Waals surface area (Å²) in [5.41, 5.74) is 0.748. The Hall–Kier alpha value is -5.63. The van der Waals surface area contributed by atoms with Gasteiger partial charge in [-0.15, -0.1) is 0 Å². The van der Waals surface area contributed by atoms with Gasteiger partial charge in [0.25, 0.3) is 5.91 Å². The maximum Gasteiger partial charge on any atom is 0.328 e. The van der Waals surface area contributed by atoms with E-state index in [1.54, 1.807) is 71.1 Å². The second-order valence-electron chi connectivity index (χ2n) is 16.0. The van der Waals surface area contributed by atoms with E-state index in [-0.39, 0.29) is 24.3 Å². The molecule has 3 N–H and O–H groups in total. The fourth-order valence-corrected chi connectivity index (χ4v) is 7.38. The lowest BCUT2D eigenvalue weighted by Crippen LogP contribution is -2.61. The molecule has 0 radical (unpaired) electrons. The molecular weight excluding hydrogens is 757 g/mol. The molecule has 3 aromatic rings. The van der Waals surface area contributed by atoms with Gasteiger partial charge in [0.1, 0.15) is 40.9 Å². The quantitative estimate of drug-likeness (QED) is 0.147. The summed E-state index contributed by atoms with van der Waals surface area (Å²) in [5, 5.41) is 22.7. The number of aromatic hydroxyl groups is 2. The van der Waals surface area contributed by atoms with E-state index < -0.39 is 77.2 Å². The van der Waals surface area contributed by atoms with Crippen molar-refractivity contribution in [2.75, 3.05) is 42.4 Å². The summed E-state index contributed by atoms with van der Waals surface area (Å²) in [7, 11) is 9.32. The molecule has 14 nitrogen and oxygen atoms in total. The van der Waals surface area contributed by atoms with Crippen molar-refractivity contribution in [2.24, 2.45) is 11.8 Å². The Morgan fingerprint density at radius 3 is 1.80 bits per heavy atom. The molecule has 3 amide bonds. The smallest absolute Gasteiger partial charge is 0.328 e. The number of phenolic OH excluding ortho intramolecular Hbond substituents is 2. The Kier molecular flexibility index (Phi) is 15.5. The summed E-state index contributed by atoms with van der Waals surface area (Å²) in [6.45, 7) is 7.22. The summed E-state index contributed by atoms with van der Waals surface area (Å²) in [5.74, 6) is -3.60. The first-order valence-electron chi connectivity index (χ1n) is 19.9. The summed E-state index contributed by atoms with van der Waals surface area (Å²) in [6, 6.07) is 17.0. The van der Waals surface area contributed by atoms with E-state index in [2.05, 4.69) is 5.32 Å². The third-order valence-electron chi connectivity index (χ3n) is 11.5. The van der Waals surface area contributed by atoms with E-state index >= 15 is 0 Å². The Labute approximate surface area is 347 Å². The first kappa shape index (κ1) is 46.1. The number of rotatable bonds is 19. The monoisotopic (exact) mass is 816 g/mol. The van der Waals surface area contributed by atoms with Gasteiger partial charge in [0.05, 0.1) is 14.2 Å². The minimum atomic E-state index is -1.48. The van der Waals surface area contributed by atoms with E-state index in [0.717, 1.165) is 5.56 Å². The SMILES string of the molecule is CCC(C)[C@@H](OC(=O)[C@@H](Cc1ccc(OC)cc1)N(C)C)C(=O)N[C@@H](C(=O)N(C)C1(C(=O)N(C)[C@@H](Cc2ccc(O)cc2)C(=O)OC)CC1c1ccc(O)cc1)C(C)C. The molecule has 0 aromatic heterocycles. The van der Waals surface area contributed by atoms with Crippen LogP contribution in [0.1, 0.15) is 63.1 Å². The summed E-state index contributed by atoms with van der Waals surface area (Å²) in [6.07, 6.45) is -0.135. The van der Waals surface area contributed by atoms with E-state index in [1.165, 1.54) is 55.3 Å². The number of carbonyl (C=O) groups excluding carboxylic acids is 5. The third kappa shape index (κ3) is 10.7. The van der Waals surface area contributed by atoms with Crippen molar-refractivity contribution >= 4 is 29.7 Å². The van der Waals surface area contributed by atoms with Crippen LogP contribution in [-0.2, 0) is 46.3 Å². The zero-order valence-electron chi connectivity index (χ0n) is 35.8. The first-order valence-corrected chi connectivity index (χ1v) is 19.9. The predicted octanol–water partition coefficient (Wildman–Crippen LogP) is 4.31. The number of ether oxygens (including phenoxy) is 3. The number of hydrogen-bond donors (Lipinski definition) is 3. The molecule has 1 aliphatic rings. The summed E-state index contributed by atoms with van der Waals surface area (Å²) < 4.78 is 16.4. The topological polar surface area (TPSA) is 175 Å². The average molecular weight is 817 g/mol. The molecule has 0 aliphatic heterocycles. The fourth-order valence-electron chi connectivity index (χ4n) is 7.38. The first-order chi connectivity index (χ1) is 27.9. The van der Waals surface area contributed by atoms with E-state index in [0.29, 0.717) is 29.7 Å². The van der Waals surface area contributed by atoms with Gasteiger partial charge in [0.15, 0.2) is 6.10 Å². The highest BCUT2D eigenvalue weighted by Gasteiger charge is 2.66. The number of phenols is 2. The summed E-state index contributed by atoms with van der Waals surface area (Å²) >= 11 is 0. The van der Waals surface area contributed by atoms with Crippen LogP contribution >= 0.6 is 0 Å². The molecule has 0 spiro atoms. The van der Waals surface area contributed by atoms with Gasteiger partial charge in [-0.25, -0.2) is 4.79 Å². The molecule has 59 heavy (non-hydrogen) atoms. The molecule has 3 aromatic carbocycles. The zero-order valence-corrected chi connectivity index (χ0v) is 35.8. The fraction of sp³-hybridized carbons (Fsp3) is 0.489. The third-order valence-corrected chi connectivity index (χ3v) is 11.5. The predicted molar refractivity (Wildman–Crippen MR) is 222 cm³/mol. The molecule has 1 saturated carbocycles. The van der Waals surface area contributed by atoms with Gasteiger partial charge in [-0.3, -0.25) is 24.1 Å². The Balaban J connectivity index is 1.63. The van der Waals surface area contributed by atoms with Crippen LogP contribution in [0.4, 0.5) is 0 Å². The number of carbonyl (C=O) groups is 5. The molecule has 14 heteroatoms. The number of benzene rings is 3. The van der Waals surface area contributed by atoms with Crippen molar-refractivity contribution in [3.05, 3.63) is 89.5 Å². The highest BCUT2D eigenvalue weighted by molar-refractivity contribution is 6.00. The lowest BCUT2D eigenvalue weighted by Gasteiger charge is -2.37. The molecule has 320 valence electrons. The van der Waals surface area contributed by atoms with Crippen molar-refractivity contribution in [1.82, 2.24) is 20.0 Å². The normalized spacial score (nSPS) is 18.5. The Morgan fingerprint density at radius 2 is 1.31 bits per heavy atom. The van der Waals surface area contributed by atoms with Gasteiger partial charge >= 0.3 is 11.9 Å². The molecule has 0 saturated heterocycles. The molecule has 0 bridgehead atoms. The molecule has 4 rings (SSSR count). The number of amides is 3. The molecule has 1 fully saturated rings. The number of hydrogen-bond acceptors (Lipinski definition) is 11. The van der Waals surface area contributed by atoms with Crippen LogP contribution in [0.25, 0.3) is 0 Å². The second kappa shape index (κ2) is 19.9. The van der Waals surface area contributed by atoms with Crippen LogP contribution < -0.4 is 10.1 Å². The van der Waals surface area contributed by atoms with Gasteiger partial charge in [0, 0.05) is 32.4 Å². The molecule has 3 unspecified atom stereocenters. The largest absolute Gasteiger partial charge is 0.508 e. The highest BCUT2D eigenvalue weighted by atomic mass is 16.6. The second-order valence-corrected chi connectivity index (χ2v) is 16.0. The van der Waals surface area contributed by atoms with Gasteiger partial charge in [0.2, 0.25) is 11.8 Å². The van der Waals surface area contributed by atoms with Crippen LogP contribution in [0, 0.1) is 11.8 Å². The van der Waals surface area contributed by atoms with E-state index in [1.807, 2.05) is 31.2 Å². The summed E-state index contributed by atoms with van der Waals surface area (Å²) in [4.78, 5) is 75.2. The maximum atomic E-state index is 14.9. The van der Waals surface area contributed by atoms with Crippen molar-refractivity contribution in [1.29, 1.82) is 0 Å². The lowest BCUT2D eigenvalue weighted by molar-refractivity contribution is -0.164. The molecule has 1 aliphatic carbocycles. The van der Waals surface area contributed by atoms with E-state index in [9.17, 15) is 34.2 Å². The minimum Gasteiger partial charge on any atom is -0.508 e. The van der Waals surface area contributed by atoms with Gasteiger partial charge < -0.3 is 39.5 Å². The minimum absolute atomic E-state index is 0.0318. The van der Waals surface area contributed by atoms with Crippen molar-refractivity contribution in [2.45, 2.75) is 89.1 Å². The average Bonchev–Trinajstić information content (AvgIpc) is 3.98. The number of esters is 2. The van der Waals surface area contributed by atoms with Crippen molar-refractivity contribution < 1.29 is 48.4 Å². The highest BCUT2D eigenvalue weighted by Crippen LogP contribution is 2.56. The van der Waals surface area contributed by atoms with Crippen molar-refractivity contribution in [3.63, 3.8) is 0 Å². The number of likely N-dealkylation sites (N-methyl/N-ethyl adjacent to an activating group) is 3. The van der Waals surface area contributed by atoms with Crippen LogP contribution in [0.2, 0.25) is 0 Å². The Bertz CT molecular complexity index is 1920. The van der Waals surface area contributed by atoms with Gasteiger partial charge in [-0.1, -0.05) is 64.1 Å². The van der Waals surface area contributed by atoms with Crippen molar-refractivity contribution in [3.8, 4) is 17.2 Å². The van der Waals surface area contributed by atoms with Gasteiger partial charge in [-0.05, 0) is 92.4 Å². The number of nitrogens with zero attached hydrogens (tertiary/aromatic N) is 3. The van der Waals surface area contributed by atoms with Crippen LogP contribution in [0.3, 0.4) is 0 Å². The van der Waals surface area contributed by atoms with Crippen LogP contribution in [0.5, 0.6) is 17.2 Å².